The monoisotopic (exact) mass is 459 g/mol. The number of hydrogen-bond acceptors (Lipinski definition) is 4. The molecule has 2 heterocycles. The fourth-order valence-electron chi connectivity index (χ4n) is 3.48. The lowest BCUT2D eigenvalue weighted by Crippen LogP contribution is -2.33. The molecule has 166 valence electrons. The average molecular weight is 459 g/mol. The maximum absolute atomic E-state index is 13.8. The topological polar surface area (TPSA) is 58.2 Å². The zero-order valence-corrected chi connectivity index (χ0v) is 16.9. The number of nitrogens with one attached hydrogen (secondary N) is 1. The van der Waals surface area contributed by atoms with Crippen LogP contribution >= 0.6 is 0 Å². The van der Waals surface area contributed by atoms with Crippen molar-refractivity contribution in [3.05, 3.63) is 47.8 Å². The lowest BCUT2D eigenvalue weighted by Gasteiger charge is -2.21. The summed E-state index contributed by atoms with van der Waals surface area (Å²) >= 11 is 0. The van der Waals surface area contributed by atoms with Crippen molar-refractivity contribution < 1.29 is 30.9 Å². The lowest BCUT2D eigenvalue weighted by molar-refractivity contribution is -0.253. The number of fused-ring (bicyclic) bond motifs is 1. The van der Waals surface area contributed by atoms with Crippen LogP contribution in [0.5, 0.6) is 5.75 Å². The first-order chi connectivity index (χ1) is 14.7. The number of halogens is 5. The van der Waals surface area contributed by atoms with Crippen LogP contribution in [0.3, 0.4) is 0 Å². The van der Waals surface area contributed by atoms with Crippen LogP contribution in [0, 0.1) is 5.82 Å². The van der Waals surface area contributed by atoms with E-state index in [0.717, 1.165) is 43.8 Å². The summed E-state index contributed by atoms with van der Waals surface area (Å²) in [6.07, 6.45) is -6.57. The smallest absolute Gasteiger partial charge is 0.428 e. The highest BCUT2D eigenvalue weighted by Crippen LogP contribution is 2.30. The molecule has 0 amide bonds. The summed E-state index contributed by atoms with van der Waals surface area (Å²) in [5.74, 6) is -0.933. The zero-order chi connectivity index (χ0) is 22.2. The number of ether oxygens (including phenoxy) is 1. The third-order valence-electron chi connectivity index (χ3n) is 4.93. The molecular formula is C20H18F5N3O2S. The van der Waals surface area contributed by atoms with Gasteiger partial charge in [0.15, 0.2) is 5.16 Å². The van der Waals surface area contributed by atoms with Gasteiger partial charge in [-0.05, 0) is 48.7 Å². The van der Waals surface area contributed by atoms with E-state index >= 15 is 0 Å². The highest BCUT2D eigenvalue weighted by atomic mass is 32.2. The molecule has 0 radical (unpaired) electrons. The molecule has 1 unspecified atom stereocenters. The van der Waals surface area contributed by atoms with E-state index in [9.17, 15) is 26.2 Å². The molecule has 1 aromatic heterocycles. The zero-order valence-electron chi connectivity index (χ0n) is 16.1. The van der Waals surface area contributed by atoms with Crippen LogP contribution < -0.4 is 9.64 Å². The third kappa shape index (κ3) is 4.65. The summed E-state index contributed by atoms with van der Waals surface area (Å²) in [5.41, 5.74) is 1.88. The van der Waals surface area contributed by atoms with Gasteiger partial charge >= 0.3 is 12.5 Å². The normalized spacial score (nSPS) is 15.7. The van der Waals surface area contributed by atoms with Crippen LogP contribution in [-0.2, 0) is 16.6 Å². The maximum atomic E-state index is 13.8. The number of rotatable bonds is 7. The fraction of sp³-hybridized carbons (Fsp3) is 0.350. The molecule has 5 nitrogen and oxygen atoms in total. The van der Waals surface area contributed by atoms with Crippen molar-refractivity contribution in [3.63, 3.8) is 0 Å². The van der Waals surface area contributed by atoms with E-state index in [2.05, 4.69) is 19.6 Å². The standard InChI is InChI=1S/C20H18F5N3O2S/c21-13-3-6-17(28-7-1-2-8-28)12(9-13)11-31(29)19-26-15-5-4-14(10-16(15)27-19)30-20(24,25)18(22)23/h3-6,9-10,18H,1-2,7-8,11H2,(H,26,27). The Kier molecular flexibility index (Phi) is 5.87. The third-order valence-corrected chi connectivity index (χ3v) is 6.13. The second-order valence-electron chi connectivity index (χ2n) is 7.14. The Hall–Kier alpha value is -2.69. The number of aromatic amines is 1. The van der Waals surface area contributed by atoms with E-state index in [0.29, 0.717) is 11.1 Å². The summed E-state index contributed by atoms with van der Waals surface area (Å²) in [6.45, 7) is 1.67. The van der Waals surface area contributed by atoms with Crippen molar-refractivity contribution in [2.75, 3.05) is 18.0 Å². The molecule has 0 saturated carbocycles. The second kappa shape index (κ2) is 8.45. The van der Waals surface area contributed by atoms with Crippen molar-refractivity contribution in [1.29, 1.82) is 0 Å². The van der Waals surface area contributed by atoms with Gasteiger partial charge in [-0.2, -0.15) is 17.6 Å². The number of hydrogen-bond donors (Lipinski definition) is 1. The van der Waals surface area contributed by atoms with Gasteiger partial charge in [0, 0.05) is 24.8 Å². The average Bonchev–Trinajstić information content (AvgIpc) is 3.37. The minimum absolute atomic E-state index is 0.00374. The molecule has 0 bridgehead atoms. The predicted molar refractivity (Wildman–Crippen MR) is 106 cm³/mol. The van der Waals surface area contributed by atoms with Gasteiger partial charge < -0.3 is 14.6 Å². The minimum atomic E-state index is -4.64. The highest BCUT2D eigenvalue weighted by Gasteiger charge is 2.44. The van der Waals surface area contributed by atoms with Crippen molar-refractivity contribution in [1.82, 2.24) is 9.97 Å². The van der Waals surface area contributed by atoms with E-state index < -0.39 is 34.9 Å². The summed E-state index contributed by atoms with van der Waals surface area (Å²) in [4.78, 5) is 9.03. The fourth-order valence-corrected chi connectivity index (χ4v) is 4.56. The van der Waals surface area contributed by atoms with Gasteiger partial charge in [0.05, 0.1) is 27.6 Å². The van der Waals surface area contributed by atoms with Crippen molar-refractivity contribution >= 4 is 27.5 Å². The van der Waals surface area contributed by atoms with Crippen LogP contribution in [0.1, 0.15) is 18.4 Å². The molecule has 1 fully saturated rings. The second-order valence-corrected chi connectivity index (χ2v) is 8.51. The summed E-state index contributed by atoms with van der Waals surface area (Å²) in [7, 11) is -1.69. The van der Waals surface area contributed by atoms with Crippen LogP contribution in [0.2, 0.25) is 0 Å². The maximum Gasteiger partial charge on any atom is 0.461 e. The summed E-state index contributed by atoms with van der Waals surface area (Å²) in [5, 5.41) is 0.0596. The lowest BCUT2D eigenvalue weighted by atomic mass is 10.2. The Labute approximate surface area is 176 Å². The van der Waals surface area contributed by atoms with Crippen molar-refractivity contribution in [3.8, 4) is 5.75 Å². The SMILES string of the molecule is O=S(Cc1cc(F)ccc1N1CCCC1)c1nc2ccc(OC(F)(F)C(F)F)cc2[nH]1. The predicted octanol–water partition coefficient (Wildman–Crippen LogP) is 4.85. The quantitative estimate of drug-likeness (QED) is 0.514. The number of imidazole rings is 1. The van der Waals surface area contributed by atoms with Gasteiger partial charge in [-0.15, -0.1) is 0 Å². The number of anilines is 1. The number of benzene rings is 2. The number of nitrogens with zero attached hydrogens (tertiary/aromatic N) is 2. The van der Waals surface area contributed by atoms with Gasteiger partial charge in [0.25, 0.3) is 0 Å². The first kappa shape index (κ1) is 21.5. The molecule has 1 N–H and O–H groups in total. The van der Waals surface area contributed by atoms with Crippen LogP contribution in [0.4, 0.5) is 27.6 Å². The largest absolute Gasteiger partial charge is 0.461 e. The minimum Gasteiger partial charge on any atom is -0.428 e. The van der Waals surface area contributed by atoms with Crippen LogP contribution in [0.25, 0.3) is 11.0 Å². The van der Waals surface area contributed by atoms with Crippen LogP contribution in [-0.4, -0.2) is 39.8 Å². The molecule has 2 aromatic carbocycles. The molecule has 11 heteroatoms. The molecule has 1 atom stereocenters. The van der Waals surface area contributed by atoms with E-state index in [4.69, 9.17) is 0 Å². The summed E-state index contributed by atoms with van der Waals surface area (Å²) < 4.78 is 81.7. The molecule has 0 aliphatic carbocycles. The molecule has 4 rings (SSSR count). The molecule has 1 saturated heterocycles. The van der Waals surface area contributed by atoms with E-state index in [1.807, 2.05) is 0 Å². The van der Waals surface area contributed by atoms with Crippen LogP contribution in [0.15, 0.2) is 41.6 Å². The van der Waals surface area contributed by atoms with Gasteiger partial charge in [-0.25, -0.2) is 9.37 Å². The van der Waals surface area contributed by atoms with Gasteiger partial charge in [0.1, 0.15) is 11.6 Å². The number of aromatic nitrogens is 2. The molecule has 3 aromatic rings. The number of H-pyrrole nitrogens is 1. The first-order valence-electron chi connectivity index (χ1n) is 9.49. The first-order valence-corrected chi connectivity index (χ1v) is 10.8. The van der Waals surface area contributed by atoms with E-state index in [-0.39, 0.29) is 16.4 Å². The van der Waals surface area contributed by atoms with Gasteiger partial charge in [0.2, 0.25) is 0 Å². The molecular weight excluding hydrogens is 441 g/mol. The van der Waals surface area contributed by atoms with Gasteiger partial charge in [-0.1, -0.05) is 0 Å². The number of alkyl halides is 4. The van der Waals surface area contributed by atoms with Crippen molar-refractivity contribution in [2.24, 2.45) is 0 Å². The highest BCUT2D eigenvalue weighted by molar-refractivity contribution is 7.84. The molecule has 0 spiro atoms. The Morgan fingerprint density at radius 1 is 1.16 bits per heavy atom. The van der Waals surface area contributed by atoms with E-state index in [1.165, 1.54) is 18.2 Å². The van der Waals surface area contributed by atoms with Gasteiger partial charge in [-0.3, -0.25) is 4.21 Å². The Bertz CT molecular complexity index is 1120. The molecule has 1 aliphatic rings. The van der Waals surface area contributed by atoms with E-state index in [1.54, 1.807) is 6.07 Å². The Morgan fingerprint density at radius 2 is 1.90 bits per heavy atom. The molecule has 1 aliphatic heterocycles. The molecule has 31 heavy (non-hydrogen) atoms. The Balaban J connectivity index is 1.57. The van der Waals surface area contributed by atoms with Crippen molar-refractivity contribution in [2.45, 2.75) is 36.3 Å². The summed E-state index contributed by atoms with van der Waals surface area (Å²) in [6, 6.07) is 7.81. The Morgan fingerprint density at radius 3 is 2.61 bits per heavy atom.